The third-order valence-corrected chi connectivity index (χ3v) is 5.79. The van der Waals surface area contributed by atoms with Crippen LogP contribution < -0.4 is 5.56 Å². The molecule has 1 aliphatic heterocycles. The van der Waals surface area contributed by atoms with Gasteiger partial charge in [0, 0.05) is 57.6 Å². The molecule has 0 unspecified atom stereocenters. The van der Waals surface area contributed by atoms with Crippen molar-refractivity contribution >= 4 is 0 Å². The molecule has 27 heavy (non-hydrogen) atoms. The third kappa shape index (κ3) is 4.03. The molecule has 6 heteroatoms. The molecule has 0 aliphatic carbocycles. The SMILES string of the molecule is Cc1c(CN2CCN(C(C)C)[C@H](CCO)C2)c(=O)n(-c2ccccc2)n1C. The van der Waals surface area contributed by atoms with Crippen LogP contribution in [0.15, 0.2) is 35.1 Å². The molecule has 1 aromatic carbocycles. The van der Waals surface area contributed by atoms with Crippen molar-refractivity contribution in [1.29, 1.82) is 0 Å². The number of aliphatic hydroxyl groups excluding tert-OH is 1. The summed E-state index contributed by atoms with van der Waals surface area (Å²) in [6.45, 7) is 10.1. The van der Waals surface area contributed by atoms with Crippen LogP contribution in [0.4, 0.5) is 0 Å². The van der Waals surface area contributed by atoms with E-state index in [0.29, 0.717) is 18.6 Å². The van der Waals surface area contributed by atoms with E-state index in [1.165, 1.54) is 0 Å². The van der Waals surface area contributed by atoms with Gasteiger partial charge in [0.15, 0.2) is 0 Å². The number of benzene rings is 1. The molecule has 1 fully saturated rings. The highest BCUT2D eigenvalue weighted by Gasteiger charge is 2.29. The Balaban J connectivity index is 1.83. The topological polar surface area (TPSA) is 53.6 Å². The molecule has 1 N–H and O–H groups in total. The first-order chi connectivity index (χ1) is 12.9. The highest BCUT2D eigenvalue weighted by molar-refractivity contribution is 5.33. The third-order valence-electron chi connectivity index (χ3n) is 5.79. The zero-order valence-corrected chi connectivity index (χ0v) is 16.9. The average molecular weight is 373 g/mol. The number of piperazine rings is 1. The summed E-state index contributed by atoms with van der Waals surface area (Å²) >= 11 is 0. The Labute approximate surface area is 161 Å². The number of rotatable bonds is 6. The van der Waals surface area contributed by atoms with Crippen LogP contribution in [0.5, 0.6) is 0 Å². The van der Waals surface area contributed by atoms with E-state index in [1.807, 2.05) is 49.0 Å². The largest absolute Gasteiger partial charge is 0.396 e. The Kier molecular flexibility index (Phi) is 6.19. The normalized spacial score (nSPS) is 19.1. The van der Waals surface area contributed by atoms with Gasteiger partial charge in [-0.2, -0.15) is 0 Å². The van der Waals surface area contributed by atoms with Crippen LogP contribution in [0.2, 0.25) is 0 Å². The maximum Gasteiger partial charge on any atom is 0.276 e. The molecule has 2 heterocycles. The monoisotopic (exact) mass is 372 g/mol. The molecule has 2 aromatic rings. The van der Waals surface area contributed by atoms with E-state index in [4.69, 9.17) is 0 Å². The molecule has 1 saturated heterocycles. The van der Waals surface area contributed by atoms with Gasteiger partial charge in [0.25, 0.3) is 5.56 Å². The number of nitrogens with zero attached hydrogens (tertiary/aromatic N) is 4. The number of para-hydroxylation sites is 1. The van der Waals surface area contributed by atoms with Gasteiger partial charge in [-0.3, -0.25) is 19.3 Å². The van der Waals surface area contributed by atoms with Crippen molar-refractivity contribution in [2.75, 3.05) is 26.2 Å². The van der Waals surface area contributed by atoms with Crippen LogP contribution in [-0.2, 0) is 13.6 Å². The van der Waals surface area contributed by atoms with Crippen LogP contribution >= 0.6 is 0 Å². The van der Waals surface area contributed by atoms with Crippen molar-refractivity contribution in [2.24, 2.45) is 7.05 Å². The minimum absolute atomic E-state index is 0.0613. The number of hydrogen-bond donors (Lipinski definition) is 1. The fourth-order valence-electron chi connectivity index (χ4n) is 4.19. The van der Waals surface area contributed by atoms with Crippen LogP contribution in [-0.4, -0.2) is 62.6 Å². The first-order valence-corrected chi connectivity index (χ1v) is 9.86. The maximum absolute atomic E-state index is 13.1. The van der Waals surface area contributed by atoms with E-state index in [0.717, 1.165) is 43.0 Å². The van der Waals surface area contributed by atoms with Gasteiger partial charge in [0.1, 0.15) is 0 Å². The molecular weight excluding hydrogens is 340 g/mol. The van der Waals surface area contributed by atoms with Gasteiger partial charge in [0.2, 0.25) is 0 Å². The van der Waals surface area contributed by atoms with Gasteiger partial charge in [-0.05, 0) is 39.3 Å². The zero-order valence-electron chi connectivity index (χ0n) is 16.9. The second kappa shape index (κ2) is 8.42. The van der Waals surface area contributed by atoms with Crippen molar-refractivity contribution in [3.8, 4) is 5.69 Å². The molecule has 6 nitrogen and oxygen atoms in total. The summed E-state index contributed by atoms with van der Waals surface area (Å²) in [5.74, 6) is 0. The van der Waals surface area contributed by atoms with Gasteiger partial charge in [0.05, 0.1) is 11.3 Å². The van der Waals surface area contributed by atoms with Crippen LogP contribution in [0.25, 0.3) is 5.69 Å². The van der Waals surface area contributed by atoms with Crippen LogP contribution in [0, 0.1) is 6.92 Å². The van der Waals surface area contributed by atoms with Crippen molar-refractivity contribution < 1.29 is 5.11 Å². The van der Waals surface area contributed by atoms with E-state index in [1.54, 1.807) is 4.68 Å². The molecule has 0 bridgehead atoms. The first-order valence-electron chi connectivity index (χ1n) is 9.86. The average Bonchev–Trinajstić information content (AvgIpc) is 2.86. The summed E-state index contributed by atoms with van der Waals surface area (Å²) in [5, 5.41) is 9.45. The highest BCUT2D eigenvalue weighted by atomic mass is 16.3. The Hall–Kier alpha value is -1.89. The maximum atomic E-state index is 13.1. The zero-order chi connectivity index (χ0) is 19.6. The van der Waals surface area contributed by atoms with Gasteiger partial charge < -0.3 is 5.11 Å². The van der Waals surface area contributed by atoms with Gasteiger partial charge in [-0.25, -0.2) is 4.68 Å². The molecule has 0 saturated carbocycles. The summed E-state index contributed by atoms with van der Waals surface area (Å²) in [4.78, 5) is 18.0. The van der Waals surface area contributed by atoms with Crippen molar-refractivity contribution in [3.05, 3.63) is 51.9 Å². The molecule has 3 rings (SSSR count). The van der Waals surface area contributed by atoms with Crippen molar-refractivity contribution in [2.45, 2.75) is 45.8 Å². The lowest BCUT2D eigenvalue weighted by Gasteiger charge is -2.43. The highest BCUT2D eigenvalue weighted by Crippen LogP contribution is 2.19. The predicted octanol–water partition coefficient (Wildman–Crippen LogP) is 1.76. The molecular formula is C21H32N4O2. The quantitative estimate of drug-likeness (QED) is 0.840. The van der Waals surface area contributed by atoms with E-state index in [-0.39, 0.29) is 12.2 Å². The lowest BCUT2D eigenvalue weighted by molar-refractivity contribution is 0.0347. The fourth-order valence-corrected chi connectivity index (χ4v) is 4.19. The second-order valence-electron chi connectivity index (χ2n) is 7.77. The van der Waals surface area contributed by atoms with E-state index < -0.39 is 0 Å². The fraction of sp³-hybridized carbons (Fsp3) is 0.571. The van der Waals surface area contributed by atoms with E-state index >= 15 is 0 Å². The molecule has 148 valence electrons. The second-order valence-corrected chi connectivity index (χ2v) is 7.77. The van der Waals surface area contributed by atoms with Crippen molar-refractivity contribution in [1.82, 2.24) is 19.2 Å². The molecule has 1 aliphatic rings. The summed E-state index contributed by atoms with van der Waals surface area (Å²) in [6.07, 6.45) is 0.775. The standard InChI is InChI=1S/C21H32N4O2/c1-16(2)24-12-11-23(14-19(24)10-13-26)15-20-17(3)22(4)25(21(20)27)18-8-6-5-7-9-18/h5-9,16,19,26H,10-15H2,1-4H3/t19-/m1/s1. The lowest BCUT2D eigenvalue weighted by atomic mass is 10.1. The van der Waals surface area contributed by atoms with Gasteiger partial charge >= 0.3 is 0 Å². The minimum Gasteiger partial charge on any atom is -0.396 e. The Morgan fingerprint density at radius 1 is 1.19 bits per heavy atom. The minimum atomic E-state index is 0.0613. The number of hydrogen-bond acceptors (Lipinski definition) is 4. The molecule has 1 atom stereocenters. The number of aliphatic hydroxyl groups is 1. The first kappa shape index (κ1) is 19.9. The lowest BCUT2D eigenvalue weighted by Crippen LogP contribution is -2.55. The van der Waals surface area contributed by atoms with E-state index in [9.17, 15) is 9.90 Å². The van der Waals surface area contributed by atoms with E-state index in [2.05, 4.69) is 23.6 Å². The number of aromatic nitrogens is 2. The molecule has 0 radical (unpaired) electrons. The van der Waals surface area contributed by atoms with Gasteiger partial charge in [-0.15, -0.1) is 0 Å². The molecule has 0 amide bonds. The summed E-state index contributed by atoms with van der Waals surface area (Å²) in [5.41, 5.74) is 2.82. The summed E-state index contributed by atoms with van der Waals surface area (Å²) in [7, 11) is 1.94. The van der Waals surface area contributed by atoms with Crippen molar-refractivity contribution in [3.63, 3.8) is 0 Å². The van der Waals surface area contributed by atoms with Crippen LogP contribution in [0.3, 0.4) is 0 Å². The Morgan fingerprint density at radius 3 is 2.52 bits per heavy atom. The smallest absolute Gasteiger partial charge is 0.276 e. The summed E-state index contributed by atoms with van der Waals surface area (Å²) in [6, 6.07) is 10.6. The predicted molar refractivity (Wildman–Crippen MR) is 108 cm³/mol. The summed E-state index contributed by atoms with van der Waals surface area (Å²) < 4.78 is 3.70. The Morgan fingerprint density at radius 2 is 1.89 bits per heavy atom. The van der Waals surface area contributed by atoms with Crippen LogP contribution in [0.1, 0.15) is 31.5 Å². The van der Waals surface area contributed by atoms with Gasteiger partial charge in [-0.1, -0.05) is 18.2 Å². The molecule has 0 spiro atoms. The Bertz CT molecular complexity index is 810. The molecule has 1 aromatic heterocycles.